The molecule has 0 aromatic heterocycles. The molecule has 1 fully saturated rings. The van der Waals surface area contributed by atoms with Gasteiger partial charge in [0.2, 0.25) is 0 Å². The van der Waals surface area contributed by atoms with Gasteiger partial charge in [0.25, 0.3) is 5.69 Å². The molecule has 7 nitrogen and oxygen atoms in total. The molecule has 0 spiro atoms. The van der Waals surface area contributed by atoms with Gasteiger partial charge in [-0.2, -0.15) is 0 Å². The zero-order valence-electron chi connectivity index (χ0n) is 10.8. The summed E-state index contributed by atoms with van der Waals surface area (Å²) in [5.41, 5.74) is 0.547. The summed E-state index contributed by atoms with van der Waals surface area (Å²) in [5, 5.41) is 20.2. The molecule has 20 heavy (non-hydrogen) atoms. The Balaban J connectivity index is 2.26. The fourth-order valence-electron chi connectivity index (χ4n) is 2.37. The molecule has 0 aliphatic carbocycles. The van der Waals surface area contributed by atoms with Crippen LogP contribution in [0.5, 0.6) is 0 Å². The van der Waals surface area contributed by atoms with Gasteiger partial charge >= 0.3 is 6.09 Å². The van der Waals surface area contributed by atoms with Crippen LogP contribution in [0.1, 0.15) is 6.92 Å². The van der Waals surface area contributed by atoms with Crippen molar-refractivity contribution in [1.29, 1.82) is 0 Å². The first kappa shape index (κ1) is 14.6. The Morgan fingerprint density at radius 1 is 1.50 bits per heavy atom. The van der Waals surface area contributed by atoms with Crippen LogP contribution in [-0.2, 0) is 0 Å². The monoisotopic (exact) mass is 343 g/mol. The van der Waals surface area contributed by atoms with Gasteiger partial charge in [-0.15, -0.1) is 0 Å². The summed E-state index contributed by atoms with van der Waals surface area (Å²) < 4.78 is 0.644. The topological polar surface area (TPSA) is 86.9 Å². The van der Waals surface area contributed by atoms with E-state index >= 15 is 0 Å². The van der Waals surface area contributed by atoms with E-state index in [1.54, 1.807) is 19.1 Å². The minimum absolute atomic E-state index is 0.0235. The first-order valence-corrected chi connectivity index (χ1v) is 6.88. The lowest BCUT2D eigenvalue weighted by atomic mass is 10.1. The van der Waals surface area contributed by atoms with Crippen LogP contribution < -0.4 is 4.90 Å². The third-order valence-electron chi connectivity index (χ3n) is 3.35. The molecule has 1 N–H and O–H groups in total. The molecule has 2 rings (SSSR count). The summed E-state index contributed by atoms with van der Waals surface area (Å²) in [6.45, 7) is 3.02. The maximum absolute atomic E-state index is 11.1. The number of rotatable bonds is 2. The van der Waals surface area contributed by atoms with E-state index in [-0.39, 0.29) is 11.7 Å². The molecule has 1 aromatic rings. The summed E-state index contributed by atoms with van der Waals surface area (Å²) in [4.78, 5) is 24.9. The number of amides is 1. The van der Waals surface area contributed by atoms with Crippen LogP contribution in [0.15, 0.2) is 22.7 Å². The predicted octanol–water partition coefficient (Wildman–Crippen LogP) is 2.55. The second kappa shape index (κ2) is 5.66. The standard InChI is InChI=1S/C12H14BrN3O4/c1-8-7-14(4-5-15(8)12(17)18)10-3-2-9(13)6-11(10)16(19)20/h2-3,6,8H,4-5,7H2,1H3,(H,17,18)/t8-/m0/s1. The van der Waals surface area contributed by atoms with Gasteiger partial charge in [0, 0.05) is 36.2 Å². The van der Waals surface area contributed by atoms with Crippen LogP contribution in [0.4, 0.5) is 16.2 Å². The fourth-order valence-corrected chi connectivity index (χ4v) is 2.72. The third-order valence-corrected chi connectivity index (χ3v) is 3.84. The number of hydrogen-bond acceptors (Lipinski definition) is 4. The average Bonchev–Trinajstić information content (AvgIpc) is 2.37. The van der Waals surface area contributed by atoms with E-state index < -0.39 is 11.0 Å². The van der Waals surface area contributed by atoms with Crippen LogP contribution in [0, 0.1) is 10.1 Å². The highest BCUT2D eigenvalue weighted by molar-refractivity contribution is 9.10. The molecule has 1 aromatic carbocycles. The van der Waals surface area contributed by atoms with Gasteiger partial charge in [-0.05, 0) is 19.1 Å². The highest BCUT2D eigenvalue weighted by atomic mass is 79.9. The van der Waals surface area contributed by atoms with Gasteiger partial charge in [0.15, 0.2) is 0 Å². The predicted molar refractivity (Wildman–Crippen MR) is 77.2 cm³/mol. The molecule has 1 atom stereocenters. The molecule has 0 bridgehead atoms. The molecule has 0 radical (unpaired) electrons. The quantitative estimate of drug-likeness (QED) is 0.658. The van der Waals surface area contributed by atoms with Gasteiger partial charge in [0.05, 0.1) is 4.92 Å². The fraction of sp³-hybridized carbons (Fsp3) is 0.417. The number of carboxylic acid groups (broad SMARTS) is 1. The first-order valence-electron chi connectivity index (χ1n) is 6.08. The molecule has 1 amide bonds. The van der Waals surface area contributed by atoms with E-state index in [1.165, 1.54) is 11.0 Å². The van der Waals surface area contributed by atoms with Crippen molar-refractivity contribution in [2.75, 3.05) is 24.5 Å². The van der Waals surface area contributed by atoms with Crippen molar-refractivity contribution < 1.29 is 14.8 Å². The molecular weight excluding hydrogens is 330 g/mol. The number of carbonyl (C=O) groups is 1. The zero-order chi connectivity index (χ0) is 14.9. The number of benzene rings is 1. The molecule has 0 saturated carbocycles. The highest BCUT2D eigenvalue weighted by Gasteiger charge is 2.30. The van der Waals surface area contributed by atoms with Crippen LogP contribution in [0.2, 0.25) is 0 Å². The lowest BCUT2D eigenvalue weighted by Gasteiger charge is -2.39. The number of piperazine rings is 1. The largest absolute Gasteiger partial charge is 0.465 e. The van der Waals surface area contributed by atoms with Gasteiger partial charge in [0.1, 0.15) is 5.69 Å². The highest BCUT2D eigenvalue weighted by Crippen LogP contribution is 2.32. The van der Waals surface area contributed by atoms with E-state index in [1.807, 2.05) is 4.90 Å². The van der Waals surface area contributed by atoms with Gasteiger partial charge in [-0.1, -0.05) is 15.9 Å². The molecule has 108 valence electrons. The van der Waals surface area contributed by atoms with Crippen molar-refractivity contribution in [2.24, 2.45) is 0 Å². The van der Waals surface area contributed by atoms with E-state index in [0.29, 0.717) is 29.8 Å². The van der Waals surface area contributed by atoms with Crippen LogP contribution >= 0.6 is 15.9 Å². The van der Waals surface area contributed by atoms with E-state index in [9.17, 15) is 14.9 Å². The lowest BCUT2D eigenvalue weighted by Crippen LogP contribution is -2.53. The van der Waals surface area contributed by atoms with Gasteiger partial charge in [-0.3, -0.25) is 10.1 Å². The number of nitro benzene ring substituents is 1. The smallest absolute Gasteiger partial charge is 0.407 e. The maximum atomic E-state index is 11.1. The first-order chi connectivity index (χ1) is 9.40. The summed E-state index contributed by atoms with van der Waals surface area (Å²) in [7, 11) is 0. The van der Waals surface area contributed by atoms with Crippen LogP contribution in [0.3, 0.4) is 0 Å². The number of nitro groups is 1. The minimum Gasteiger partial charge on any atom is -0.465 e. The number of anilines is 1. The lowest BCUT2D eigenvalue weighted by molar-refractivity contribution is -0.384. The summed E-state index contributed by atoms with van der Waals surface area (Å²) in [6, 6.07) is 4.69. The van der Waals surface area contributed by atoms with E-state index in [2.05, 4.69) is 15.9 Å². The van der Waals surface area contributed by atoms with Crippen molar-refractivity contribution >= 4 is 33.4 Å². The third kappa shape index (κ3) is 2.84. The maximum Gasteiger partial charge on any atom is 0.407 e. The second-order valence-corrected chi connectivity index (χ2v) is 5.58. The van der Waals surface area contributed by atoms with Gasteiger partial charge in [-0.25, -0.2) is 4.79 Å². The Kier molecular flexibility index (Phi) is 4.12. The molecule has 1 heterocycles. The summed E-state index contributed by atoms with van der Waals surface area (Å²) in [5.74, 6) is 0. The van der Waals surface area contributed by atoms with Crippen LogP contribution in [0.25, 0.3) is 0 Å². The molecular formula is C12H14BrN3O4. The summed E-state index contributed by atoms with van der Waals surface area (Å²) >= 11 is 3.22. The van der Waals surface area contributed by atoms with E-state index in [4.69, 9.17) is 5.11 Å². The van der Waals surface area contributed by atoms with Crippen molar-refractivity contribution in [1.82, 2.24) is 4.90 Å². The summed E-state index contributed by atoms with van der Waals surface area (Å²) in [6.07, 6.45) is -0.956. The van der Waals surface area contributed by atoms with Gasteiger partial charge < -0.3 is 14.9 Å². The van der Waals surface area contributed by atoms with Crippen molar-refractivity contribution in [3.63, 3.8) is 0 Å². The normalized spacial score (nSPS) is 19.0. The molecule has 0 unspecified atom stereocenters. The van der Waals surface area contributed by atoms with Crippen molar-refractivity contribution in [3.8, 4) is 0 Å². The van der Waals surface area contributed by atoms with Crippen LogP contribution in [-0.4, -0.2) is 46.7 Å². The number of halogens is 1. The van der Waals surface area contributed by atoms with E-state index in [0.717, 1.165) is 0 Å². The Bertz CT molecular complexity index is 552. The Morgan fingerprint density at radius 3 is 2.75 bits per heavy atom. The zero-order valence-corrected chi connectivity index (χ0v) is 12.4. The Morgan fingerprint density at radius 2 is 2.20 bits per heavy atom. The number of nitrogens with zero attached hydrogens (tertiary/aromatic N) is 3. The molecule has 8 heteroatoms. The average molecular weight is 344 g/mol. The number of hydrogen-bond donors (Lipinski definition) is 1. The second-order valence-electron chi connectivity index (χ2n) is 4.66. The molecule has 1 saturated heterocycles. The van der Waals surface area contributed by atoms with Crippen molar-refractivity contribution in [2.45, 2.75) is 13.0 Å². The molecule has 1 aliphatic heterocycles. The molecule has 1 aliphatic rings. The Labute approximate surface area is 124 Å². The SMILES string of the molecule is C[C@H]1CN(c2ccc(Br)cc2[N+](=O)[O-])CCN1C(=O)O. The van der Waals surface area contributed by atoms with Crippen molar-refractivity contribution in [3.05, 3.63) is 32.8 Å². The minimum atomic E-state index is -0.956. The Hall–Kier alpha value is -1.83.